The molecular weight excluding hydrogens is 1890 g/mol. The molecule has 0 aromatic rings. The second kappa shape index (κ2) is 124. The second-order valence-electron chi connectivity index (χ2n) is 30.0. The molecule has 142 heavy (non-hydrogen) atoms. The van der Waals surface area contributed by atoms with E-state index in [1.807, 2.05) is 0 Å². The number of nitrogens with one attached hydrogen (secondary N) is 4. The summed E-state index contributed by atoms with van der Waals surface area (Å²) in [6.45, 7) is 31.5. The molecule has 0 fully saturated rings. The summed E-state index contributed by atoms with van der Waals surface area (Å²) in [5.41, 5.74) is 4.31. The Morgan fingerprint density at radius 1 is 0.169 bits per heavy atom. The van der Waals surface area contributed by atoms with Gasteiger partial charge in [0.1, 0.15) is 0 Å². The Morgan fingerprint density at radius 2 is 0.317 bits per heavy atom. The number of ether oxygens (including phenoxy) is 39. The summed E-state index contributed by atoms with van der Waals surface area (Å²) in [5.74, 6) is -1.09. The summed E-state index contributed by atoms with van der Waals surface area (Å²) in [5, 5.41) is 11.7. The van der Waals surface area contributed by atoms with Crippen LogP contribution in [0.4, 0.5) is 0 Å². The van der Waals surface area contributed by atoms with Crippen LogP contribution in [-0.2, 0) is 204 Å². The maximum atomic E-state index is 13.9. The lowest BCUT2D eigenvalue weighted by Crippen LogP contribution is -2.55. The van der Waals surface area contributed by atoms with Crippen molar-refractivity contribution in [1.29, 1.82) is 0 Å². The van der Waals surface area contributed by atoms with Gasteiger partial charge in [0.05, 0.1) is 501 Å². The van der Waals surface area contributed by atoms with E-state index in [0.29, 0.717) is 455 Å². The number of unbranched alkanes of at least 4 members (excludes halogenated alkanes) is 1. The number of methoxy groups -OCH3 is 3. The maximum absolute atomic E-state index is 13.9. The number of amides is 4. The van der Waals surface area contributed by atoms with E-state index in [9.17, 15) is 19.2 Å². The summed E-state index contributed by atoms with van der Waals surface area (Å²) in [4.78, 5) is 53.2. The van der Waals surface area contributed by atoms with Gasteiger partial charge in [-0.1, -0.05) is 6.42 Å². The Bertz CT molecular complexity index is 2240. The van der Waals surface area contributed by atoms with Crippen molar-refractivity contribution in [2.24, 2.45) is 5.73 Å². The van der Waals surface area contributed by atoms with Crippen LogP contribution in [0, 0.1) is 0 Å². The smallest absolute Gasteiger partial charge is 0.222 e. The van der Waals surface area contributed by atoms with Crippen molar-refractivity contribution in [3.05, 3.63) is 0 Å². The average molecular weight is 2080 g/mol. The lowest BCUT2D eigenvalue weighted by atomic mass is 9.93. The Balaban J connectivity index is 5.03. The van der Waals surface area contributed by atoms with E-state index in [-0.39, 0.29) is 135 Å². The van der Waals surface area contributed by atoms with Crippen molar-refractivity contribution < 1.29 is 204 Å². The number of carbonyl (C=O) groups is 4. The summed E-state index contributed by atoms with van der Waals surface area (Å²) < 4.78 is 215. The van der Waals surface area contributed by atoms with Crippen LogP contribution in [0.3, 0.4) is 0 Å². The molecule has 0 rings (SSSR count). The van der Waals surface area contributed by atoms with Crippen LogP contribution in [-0.4, -0.2) is 572 Å². The van der Waals surface area contributed by atoms with Gasteiger partial charge in [0.25, 0.3) is 0 Å². The summed E-state index contributed by atoms with van der Waals surface area (Å²) in [7, 11) is 4.90. The molecule has 0 spiro atoms. The summed E-state index contributed by atoms with van der Waals surface area (Å²) in [6.07, 6.45) is 1.38. The molecule has 0 saturated carbocycles. The third-order valence-corrected chi connectivity index (χ3v) is 18.3. The minimum absolute atomic E-state index is 0.00155. The molecular formula is C94H187N5O43. The SMILES string of the molecule is COCCOCCOCCOCCOCCOCCOCCOCCOCCOCCOCCNC(=O)CCCCC(COCCC(=O)NCCOCCOCCOCCOCCOCCOCCOCCOCCOCCOCCOC)(COCCC(=O)NCCOCCOCCOCCOCCOCCOCCOCCOCCOCCOCCOC)NC(=O)CCOCCOCCOCCOCCN. The largest absolute Gasteiger partial charge is 0.382 e. The van der Waals surface area contributed by atoms with Gasteiger partial charge in [-0.3, -0.25) is 19.2 Å². The van der Waals surface area contributed by atoms with Crippen molar-refractivity contribution in [3.63, 3.8) is 0 Å². The maximum Gasteiger partial charge on any atom is 0.222 e. The van der Waals surface area contributed by atoms with Crippen LogP contribution in [0.5, 0.6) is 0 Å². The van der Waals surface area contributed by atoms with Gasteiger partial charge in [-0.05, 0) is 12.8 Å². The van der Waals surface area contributed by atoms with Gasteiger partial charge < -0.3 is 212 Å². The fourth-order valence-corrected chi connectivity index (χ4v) is 11.0. The molecule has 0 aromatic carbocycles. The molecule has 0 saturated heterocycles. The number of carbonyl (C=O) groups excluding carboxylic acids is 4. The van der Waals surface area contributed by atoms with Crippen molar-refractivity contribution in [3.8, 4) is 0 Å². The van der Waals surface area contributed by atoms with Crippen LogP contribution >= 0.6 is 0 Å². The highest BCUT2D eigenvalue weighted by Crippen LogP contribution is 2.19. The van der Waals surface area contributed by atoms with Crippen molar-refractivity contribution in [2.45, 2.75) is 50.5 Å². The van der Waals surface area contributed by atoms with Crippen molar-refractivity contribution in [1.82, 2.24) is 21.3 Å². The minimum atomic E-state index is -1.16. The molecule has 0 aromatic heterocycles. The number of hydrogen-bond donors (Lipinski definition) is 5. The third kappa shape index (κ3) is 118. The normalized spacial score (nSPS) is 11.8. The van der Waals surface area contributed by atoms with Crippen LogP contribution in [0.1, 0.15) is 44.9 Å². The molecule has 0 radical (unpaired) electrons. The number of hydrogen-bond acceptors (Lipinski definition) is 44. The molecule has 6 N–H and O–H groups in total. The van der Waals surface area contributed by atoms with Crippen LogP contribution in [0.25, 0.3) is 0 Å². The number of nitrogens with two attached hydrogens (primary N) is 1. The van der Waals surface area contributed by atoms with Crippen molar-refractivity contribution >= 4 is 23.6 Å². The molecule has 0 aliphatic heterocycles. The fourth-order valence-electron chi connectivity index (χ4n) is 11.0. The van der Waals surface area contributed by atoms with Crippen LogP contribution < -0.4 is 27.0 Å². The lowest BCUT2D eigenvalue weighted by molar-refractivity contribution is -0.129. The molecule has 48 heteroatoms. The third-order valence-electron chi connectivity index (χ3n) is 18.3. The number of rotatable bonds is 129. The molecule has 0 aliphatic rings. The molecule has 4 amide bonds. The van der Waals surface area contributed by atoms with Crippen LogP contribution in [0.15, 0.2) is 0 Å². The van der Waals surface area contributed by atoms with Gasteiger partial charge in [0.15, 0.2) is 0 Å². The first-order chi connectivity index (χ1) is 70.3. The Kier molecular flexibility index (Phi) is 121. The molecule has 0 atom stereocenters. The Hall–Kier alpha value is -3.72. The predicted octanol–water partition coefficient (Wildman–Crippen LogP) is -0.584. The lowest BCUT2D eigenvalue weighted by Gasteiger charge is -2.35. The van der Waals surface area contributed by atoms with Gasteiger partial charge >= 0.3 is 0 Å². The fraction of sp³-hybridized carbons (Fsp3) is 0.957. The molecule has 846 valence electrons. The van der Waals surface area contributed by atoms with Gasteiger partial charge in [0, 0.05) is 73.2 Å². The second-order valence-corrected chi connectivity index (χ2v) is 30.0. The van der Waals surface area contributed by atoms with E-state index in [0.717, 1.165) is 0 Å². The summed E-state index contributed by atoms with van der Waals surface area (Å²) in [6, 6.07) is 0. The zero-order valence-corrected chi connectivity index (χ0v) is 86.4. The molecule has 0 unspecified atom stereocenters. The zero-order chi connectivity index (χ0) is 102. The first-order valence-corrected chi connectivity index (χ1v) is 50.4. The molecule has 0 bridgehead atoms. The Morgan fingerprint density at radius 3 is 0.500 bits per heavy atom. The zero-order valence-electron chi connectivity index (χ0n) is 86.4. The first-order valence-electron chi connectivity index (χ1n) is 50.4. The Labute approximate surface area is 844 Å². The van der Waals surface area contributed by atoms with Gasteiger partial charge in [0.2, 0.25) is 23.6 Å². The van der Waals surface area contributed by atoms with Crippen LogP contribution in [0.2, 0.25) is 0 Å². The molecule has 48 nitrogen and oxygen atoms in total. The first kappa shape index (κ1) is 138. The van der Waals surface area contributed by atoms with E-state index < -0.39 is 5.54 Å². The van der Waals surface area contributed by atoms with Gasteiger partial charge in [-0.15, -0.1) is 0 Å². The molecule has 0 heterocycles. The highest BCUT2D eigenvalue weighted by Gasteiger charge is 2.33. The average Bonchev–Trinajstić information content (AvgIpc) is 0.852. The quantitative estimate of drug-likeness (QED) is 0.0475. The van der Waals surface area contributed by atoms with E-state index in [2.05, 4.69) is 21.3 Å². The van der Waals surface area contributed by atoms with Crippen molar-refractivity contribution in [2.75, 3.05) is 543 Å². The highest BCUT2D eigenvalue weighted by atomic mass is 16.6. The van der Waals surface area contributed by atoms with Gasteiger partial charge in [-0.2, -0.15) is 0 Å². The predicted molar refractivity (Wildman–Crippen MR) is 516 cm³/mol. The van der Waals surface area contributed by atoms with E-state index in [4.69, 9.17) is 190 Å². The molecule has 0 aliphatic carbocycles. The monoisotopic (exact) mass is 2070 g/mol. The standard InChI is InChI=1S/C94H187N5O43/c1-104-22-25-112-38-41-120-52-55-126-64-67-132-76-79-138-85-82-135-73-70-129-61-58-123-49-46-117-35-30-109-19-12-96-90(100)6-4-5-10-94(99-93(103)9-15-107-28-33-115-44-45-116-34-29-108-18-11-95,88-141-16-7-91(101)97-13-20-110-31-36-118-47-50-124-59-62-130-71-74-136-83-86-139-80-77-133-68-65-127-56-53-121-42-39-113-26-23-105-2)89-142-17-8-92(102)98-14-21-111-32-37-119-48-51-125-60-63-131-72-75-137-84-87-140-81-78-134-69-66-128-57-54-122-43-40-114-27-24-106-3/h4-89,95H2,1-3H3,(H,96,100)(H,97,101)(H,98,102)(H,99,103). The van der Waals surface area contributed by atoms with E-state index in [1.165, 1.54) is 0 Å². The van der Waals surface area contributed by atoms with E-state index >= 15 is 0 Å². The van der Waals surface area contributed by atoms with Gasteiger partial charge in [-0.25, -0.2) is 0 Å². The van der Waals surface area contributed by atoms with E-state index in [1.54, 1.807) is 21.3 Å². The summed E-state index contributed by atoms with van der Waals surface area (Å²) >= 11 is 0. The highest BCUT2D eigenvalue weighted by molar-refractivity contribution is 5.77. The topological polar surface area (TPSA) is 502 Å². The minimum Gasteiger partial charge on any atom is -0.382 e.